The van der Waals surface area contributed by atoms with Gasteiger partial charge in [0, 0.05) is 28.8 Å². The fourth-order valence-electron chi connectivity index (χ4n) is 3.75. The minimum Gasteiger partial charge on any atom is -0.496 e. The number of nitrogens with one attached hydrogen (secondary N) is 1. The van der Waals surface area contributed by atoms with Gasteiger partial charge in [-0.15, -0.1) is 0 Å². The van der Waals surface area contributed by atoms with Gasteiger partial charge in [0.05, 0.1) is 23.4 Å². The number of allylic oxidation sites excluding steroid dienone is 1. The van der Waals surface area contributed by atoms with Crippen molar-refractivity contribution in [1.82, 2.24) is 0 Å². The van der Waals surface area contributed by atoms with Crippen LogP contribution in [0.1, 0.15) is 26.3 Å². The van der Waals surface area contributed by atoms with Crippen LogP contribution in [0.25, 0.3) is 27.3 Å². The van der Waals surface area contributed by atoms with Gasteiger partial charge in [-0.2, -0.15) is 0 Å². The summed E-state index contributed by atoms with van der Waals surface area (Å²) < 4.78 is 24.5. The second kappa shape index (κ2) is 5.09. The number of fused-ring (bicyclic) bond motifs is 5. The van der Waals surface area contributed by atoms with Crippen molar-refractivity contribution in [1.29, 1.82) is 0 Å². The summed E-state index contributed by atoms with van der Waals surface area (Å²) in [5.41, 5.74) is 2.19. The smallest absolute Gasteiger partial charge is 0.344 e. The number of rotatable bonds is 1. The lowest BCUT2D eigenvalue weighted by molar-refractivity contribution is 0.415. The summed E-state index contributed by atoms with van der Waals surface area (Å²) in [7, 11) is 1.47. The van der Waals surface area contributed by atoms with Crippen molar-refractivity contribution >= 4 is 33.0 Å². The van der Waals surface area contributed by atoms with E-state index in [9.17, 15) is 9.18 Å². The van der Waals surface area contributed by atoms with Crippen molar-refractivity contribution in [2.75, 3.05) is 12.4 Å². The van der Waals surface area contributed by atoms with E-state index in [-0.39, 0.29) is 11.1 Å². The van der Waals surface area contributed by atoms with Gasteiger partial charge in [0.25, 0.3) is 0 Å². The Hall–Kier alpha value is -2.82. The standard InChI is InChI=1S/C20H18FNO3/c1-10-9-20(2,3)22-13-6-5-12-17-14(24-4)7-11(21)8-15(17)25-19(23)18(12)16(10)13/h5-9,22H,1-4H3. The second-order valence-electron chi connectivity index (χ2n) is 6.96. The van der Waals surface area contributed by atoms with Crippen LogP contribution in [0.15, 0.2) is 39.6 Å². The van der Waals surface area contributed by atoms with Gasteiger partial charge in [-0.1, -0.05) is 12.1 Å². The summed E-state index contributed by atoms with van der Waals surface area (Å²) in [6.07, 6.45) is 2.08. The highest BCUT2D eigenvalue weighted by Crippen LogP contribution is 2.40. The maximum Gasteiger partial charge on any atom is 0.344 e. The molecule has 0 amide bonds. The highest BCUT2D eigenvalue weighted by molar-refractivity contribution is 6.12. The Morgan fingerprint density at radius 2 is 1.96 bits per heavy atom. The van der Waals surface area contributed by atoms with Crippen molar-refractivity contribution in [2.45, 2.75) is 26.3 Å². The van der Waals surface area contributed by atoms with E-state index in [0.717, 1.165) is 16.8 Å². The number of halogens is 1. The van der Waals surface area contributed by atoms with Crippen LogP contribution in [-0.2, 0) is 0 Å². The average molecular weight is 339 g/mol. The van der Waals surface area contributed by atoms with Crippen LogP contribution in [0.2, 0.25) is 0 Å². The molecule has 4 rings (SSSR count). The number of hydrogen-bond donors (Lipinski definition) is 1. The molecule has 25 heavy (non-hydrogen) atoms. The Bertz CT molecular complexity index is 1130. The van der Waals surface area contributed by atoms with Crippen molar-refractivity contribution in [3.05, 3.63) is 52.1 Å². The molecule has 0 unspecified atom stereocenters. The topological polar surface area (TPSA) is 51.5 Å². The maximum atomic E-state index is 13.8. The van der Waals surface area contributed by atoms with Gasteiger partial charge in [-0.3, -0.25) is 0 Å². The molecule has 4 nitrogen and oxygen atoms in total. The van der Waals surface area contributed by atoms with E-state index < -0.39 is 11.4 Å². The van der Waals surface area contributed by atoms with Gasteiger partial charge in [-0.05, 0) is 32.4 Å². The molecule has 2 aromatic carbocycles. The zero-order valence-electron chi connectivity index (χ0n) is 14.5. The van der Waals surface area contributed by atoms with Crippen LogP contribution < -0.4 is 15.7 Å². The van der Waals surface area contributed by atoms with Gasteiger partial charge in [0.1, 0.15) is 17.1 Å². The highest BCUT2D eigenvalue weighted by Gasteiger charge is 2.26. The molecule has 0 radical (unpaired) electrons. The molecule has 0 atom stereocenters. The first-order valence-electron chi connectivity index (χ1n) is 8.06. The summed E-state index contributed by atoms with van der Waals surface area (Å²) in [4.78, 5) is 12.7. The summed E-state index contributed by atoms with van der Waals surface area (Å²) in [5, 5.41) is 5.19. The van der Waals surface area contributed by atoms with E-state index >= 15 is 0 Å². The second-order valence-corrected chi connectivity index (χ2v) is 6.96. The predicted octanol–water partition coefficient (Wildman–Crippen LogP) is 4.70. The molecule has 1 aliphatic heterocycles. The van der Waals surface area contributed by atoms with Crippen molar-refractivity contribution < 1.29 is 13.5 Å². The number of ether oxygens (including phenoxy) is 1. The SMILES string of the molecule is COc1cc(F)cc2oc(=O)c3c4c(ccc3c12)NC(C)(C)C=C4C. The monoisotopic (exact) mass is 339 g/mol. The van der Waals surface area contributed by atoms with E-state index in [1.807, 2.05) is 19.1 Å². The summed E-state index contributed by atoms with van der Waals surface area (Å²) in [6.45, 7) is 6.11. The average Bonchev–Trinajstić information content (AvgIpc) is 2.52. The zero-order valence-corrected chi connectivity index (χ0v) is 14.5. The van der Waals surface area contributed by atoms with Gasteiger partial charge in [-0.25, -0.2) is 9.18 Å². The lowest BCUT2D eigenvalue weighted by atomic mass is 9.88. The van der Waals surface area contributed by atoms with E-state index in [1.165, 1.54) is 19.2 Å². The molecule has 1 aliphatic rings. The molecule has 0 bridgehead atoms. The Morgan fingerprint density at radius 1 is 1.20 bits per heavy atom. The first-order chi connectivity index (χ1) is 11.8. The Kier molecular flexibility index (Phi) is 3.19. The molecule has 2 heterocycles. The Balaban J connectivity index is 2.21. The minimum atomic E-state index is -0.510. The number of methoxy groups -OCH3 is 1. The van der Waals surface area contributed by atoms with Gasteiger partial charge < -0.3 is 14.5 Å². The fourth-order valence-corrected chi connectivity index (χ4v) is 3.75. The van der Waals surface area contributed by atoms with Crippen LogP contribution in [-0.4, -0.2) is 12.6 Å². The summed E-state index contributed by atoms with van der Waals surface area (Å²) in [6, 6.07) is 6.31. The number of anilines is 1. The van der Waals surface area contributed by atoms with Crippen molar-refractivity contribution in [2.24, 2.45) is 0 Å². The largest absolute Gasteiger partial charge is 0.496 e. The van der Waals surface area contributed by atoms with Crippen molar-refractivity contribution in [3.63, 3.8) is 0 Å². The van der Waals surface area contributed by atoms with Crippen LogP contribution in [0, 0.1) is 5.82 Å². The van der Waals surface area contributed by atoms with Crippen LogP contribution in [0.5, 0.6) is 5.75 Å². The van der Waals surface area contributed by atoms with Crippen molar-refractivity contribution in [3.8, 4) is 5.75 Å². The molecule has 3 aromatic rings. The van der Waals surface area contributed by atoms with Gasteiger partial charge in [0.2, 0.25) is 0 Å². The third-order valence-corrected chi connectivity index (χ3v) is 4.56. The molecule has 0 aliphatic carbocycles. The van der Waals surface area contributed by atoms with E-state index in [1.54, 1.807) is 0 Å². The first kappa shape index (κ1) is 15.7. The quantitative estimate of drug-likeness (QED) is 0.516. The summed E-state index contributed by atoms with van der Waals surface area (Å²) in [5.74, 6) is -0.168. The third-order valence-electron chi connectivity index (χ3n) is 4.56. The van der Waals surface area contributed by atoms with Gasteiger partial charge in [0.15, 0.2) is 0 Å². The Labute approximate surface area is 143 Å². The fraction of sp³-hybridized carbons (Fsp3) is 0.250. The molecule has 0 spiro atoms. The lowest BCUT2D eigenvalue weighted by Gasteiger charge is -2.32. The molecule has 0 fully saturated rings. The zero-order chi connectivity index (χ0) is 17.9. The Morgan fingerprint density at radius 3 is 2.68 bits per heavy atom. The van der Waals surface area contributed by atoms with E-state index in [2.05, 4.69) is 25.2 Å². The van der Waals surface area contributed by atoms with E-state index in [0.29, 0.717) is 21.9 Å². The minimum absolute atomic E-state index is 0.181. The molecule has 5 heteroatoms. The molecule has 128 valence electrons. The number of hydrogen-bond acceptors (Lipinski definition) is 4. The van der Waals surface area contributed by atoms with Crippen LogP contribution >= 0.6 is 0 Å². The molecule has 0 saturated heterocycles. The molecule has 1 aromatic heterocycles. The summed E-state index contributed by atoms with van der Waals surface area (Å²) >= 11 is 0. The predicted molar refractivity (Wildman–Crippen MR) is 97.9 cm³/mol. The molecule has 0 saturated carbocycles. The lowest BCUT2D eigenvalue weighted by Crippen LogP contribution is -2.31. The molecular formula is C20H18FNO3. The molecule has 1 N–H and O–H groups in total. The molecular weight excluding hydrogens is 321 g/mol. The van der Waals surface area contributed by atoms with E-state index in [4.69, 9.17) is 9.15 Å². The van der Waals surface area contributed by atoms with Gasteiger partial charge >= 0.3 is 5.63 Å². The van der Waals surface area contributed by atoms with Crippen LogP contribution in [0.4, 0.5) is 10.1 Å². The highest BCUT2D eigenvalue weighted by atomic mass is 19.1. The normalized spacial score (nSPS) is 15.6. The third kappa shape index (κ3) is 2.30. The number of benzene rings is 2. The maximum absolute atomic E-state index is 13.8. The first-order valence-corrected chi connectivity index (χ1v) is 8.06. The van der Waals surface area contributed by atoms with Crippen LogP contribution in [0.3, 0.4) is 0 Å².